The first-order valence-corrected chi connectivity index (χ1v) is 7.11. The Morgan fingerprint density at radius 2 is 2.06 bits per heavy atom. The molecular formula is C14H28N2O. The van der Waals surface area contributed by atoms with Gasteiger partial charge in [-0.1, -0.05) is 6.92 Å². The Labute approximate surface area is 106 Å². The number of likely N-dealkylation sites (tertiary alicyclic amines) is 1. The molecule has 0 aromatic rings. The summed E-state index contributed by atoms with van der Waals surface area (Å²) in [5.41, 5.74) is 0.445. The second kappa shape index (κ2) is 5.25. The summed E-state index contributed by atoms with van der Waals surface area (Å²) in [6, 6.07) is 1.36. The quantitative estimate of drug-likeness (QED) is 0.764. The van der Waals surface area contributed by atoms with E-state index in [2.05, 4.69) is 31.1 Å². The van der Waals surface area contributed by atoms with Gasteiger partial charge in [-0.05, 0) is 51.0 Å². The number of hydrogen-bond donors (Lipinski definition) is 2. The van der Waals surface area contributed by atoms with Crippen molar-refractivity contribution in [3.05, 3.63) is 0 Å². The van der Waals surface area contributed by atoms with Crippen molar-refractivity contribution >= 4 is 0 Å². The topological polar surface area (TPSA) is 35.5 Å². The van der Waals surface area contributed by atoms with E-state index in [0.717, 1.165) is 18.9 Å². The maximum absolute atomic E-state index is 9.07. The monoisotopic (exact) mass is 240 g/mol. The molecule has 2 N–H and O–H groups in total. The smallest absolute Gasteiger partial charge is 0.0436 e. The van der Waals surface area contributed by atoms with Crippen LogP contribution in [0.1, 0.15) is 39.5 Å². The maximum atomic E-state index is 9.07. The second-order valence-corrected chi connectivity index (χ2v) is 6.46. The highest BCUT2D eigenvalue weighted by molar-refractivity contribution is 4.96. The summed E-state index contributed by atoms with van der Waals surface area (Å²) in [5, 5.41) is 12.8. The molecule has 0 bridgehead atoms. The molecule has 3 unspecified atom stereocenters. The first kappa shape index (κ1) is 13.3. The van der Waals surface area contributed by atoms with Gasteiger partial charge in [-0.15, -0.1) is 0 Å². The lowest BCUT2D eigenvalue weighted by atomic mass is 9.89. The summed E-state index contributed by atoms with van der Waals surface area (Å²) in [4.78, 5) is 2.46. The molecule has 1 aliphatic heterocycles. The molecule has 3 heteroatoms. The normalized spacial score (nSPS) is 37.1. The number of nitrogens with zero attached hydrogens (tertiary/aromatic N) is 1. The third-order valence-corrected chi connectivity index (χ3v) is 4.95. The van der Waals surface area contributed by atoms with Crippen molar-refractivity contribution in [1.82, 2.24) is 10.2 Å². The van der Waals surface area contributed by atoms with Crippen LogP contribution in [-0.4, -0.2) is 48.8 Å². The molecular weight excluding hydrogens is 212 g/mol. The zero-order chi connectivity index (χ0) is 12.5. The van der Waals surface area contributed by atoms with Crippen molar-refractivity contribution in [3.63, 3.8) is 0 Å². The zero-order valence-corrected chi connectivity index (χ0v) is 11.6. The van der Waals surface area contributed by atoms with Crippen molar-refractivity contribution in [2.24, 2.45) is 11.3 Å². The number of piperidine rings is 1. The van der Waals surface area contributed by atoms with E-state index < -0.39 is 0 Å². The maximum Gasteiger partial charge on any atom is 0.0436 e. The number of nitrogens with one attached hydrogen (secondary N) is 1. The first-order chi connectivity index (χ1) is 8.06. The average molecular weight is 240 g/mol. The molecule has 1 heterocycles. The third kappa shape index (κ3) is 3.21. The summed E-state index contributed by atoms with van der Waals surface area (Å²) in [6.45, 7) is 7.33. The Hall–Kier alpha value is -0.120. The summed E-state index contributed by atoms with van der Waals surface area (Å²) in [7, 11) is 2.23. The fourth-order valence-electron chi connectivity index (χ4n) is 3.10. The summed E-state index contributed by atoms with van der Waals surface area (Å²) >= 11 is 0. The van der Waals surface area contributed by atoms with E-state index in [1.54, 1.807) is 0 Å². The molecule has 2 rings (SSSR count). The highest BCUT2D eigenvalue weighted by Gasteiger charge is 2.42. The van der Waals surface area contributed by atoms with Gasteiger partial charge in [0.1, 0.15) is 0 Å². The minimum atomic E-state index is 0.348. The van der Waals surface area contributed by atoms with Gasteiger partial charge in [-0.25, -0.2) is 0 Å². The Morgan fingerprint density at radius 3 is 2.65 bits per heavy atom. The molecule has 17 heavy (non-hydrogen) atoms. The lowest BCUT2D eigenvalue weighted by Crippen LogP contribution is -2.51. The van der Waals surface area contributed by atoms with Crippen LogP contribution in [0.2, 0.25) is 0 Å². The molecule has 0 radical (unpaired) electrons. The molecule has 0 spiro atoms. The molecule has 0 amide bonds. The Kier molecular flexibility index (Phi) is 4.11. The SMILES string of the molecule is CC1CN(C)C(C)CC1NCC1(CCO)CC1. The highest BCUT2D eigenvalue weighted by atomic mass is 16.3. The van der Waals surface area contributed by atoms with Crippen LogP contribution < -0.4 is 5.32 Å². The zero-order valence-electron chi connectivity index (χ0n) is 11.6. The Bertz CT molecular complexity index is 253. The van der Waals surface area contributed by atoms with Crippen molar-refractivity contribution in [1.29, 1.82) is 0 Å². The van der Waals surface area contributed by atoms with Gasteiger partial charge in [0.15, 0.2) is 0 Å². The van der Waals surface area contributed by atoms with Gasteiger partial charge in [0, 0.05) is 31.8 Å². The van der Waals surface area contributed by atoms with Gasteiger partial charge < -0.3 is 15.3 Å². The molecule has 2 fully saturated rings. The molecule has 3 atom stereocenters. The molecule has 100 valence electrons. The molecule has 0 aromatic heterocycles. The van der Waals surface area contributed by atoms with Crippen molar-refractivity contribution in [3.8, 4) is 0 Å². The van der Waals surface area contributed by atoms with Crippen molar-refractivity contribution in [2.45, 2.75) is 51.6 Å². The van der Waals surface area contributed by atoms with Gasteiger partial charge in [-0.3, -0.25) is 0 Å². The lowest BCUT2D eigenvalue weighted by molar-refractivity contribution is 0.117. The van der Waals surface area contributed by atoms with Crippen LogP contribution in [0.5, 0.6) is 0 Å². The minimum absolute atomic E-state index is 0.348. The van der Waals surface area contributed by atoms with E-state index in [-0.39, 0.29) is 0 Å². The van der Waals surface area contributed by atoms with Gasteiger partial charge in [0.2, 0.25) is 0 Å². The predicted molar refractivity (Wildman–Crippen MR) is 71.0 cm³/mol. The number of hydrogen-bond acceptors (Lipinski definition) is 3. The minimum Gasteiger partial charge on any atom is -0.396 e. The summed E-state index contributed by atoms with van der Waals surface area (Å²) in [5.74, 6) is 0.737. The van der Waals surface area contributed by atoms with Crippen molar-refractivity contribution < 1.29 is 5.11 Å². The van der Waals surface area contributed by atoms with Gasteiger partial charge in [0.05, 0.1) is 0 Å². The van der Waals surface area contributed by atoms with Crippen LogP contribution in [0.15, 0.2) is 0 Å². The van der Waals surface area contributed by atoms with Crippen LogP contribution in [0.25, 0.3) is 0 Å². The number of aliphatic hydroxyl groups excluding tert-OH is 1. The van der Waals surface area contributed by atoms with E-state index in [4.69, 9.17) is 5.11 Å². The molecule has 3 nitrogen and oxygen atoms in total. The Balaban J connectivity index is 1.79. The molecule has 1 saturated heterocycles. The largest absolute Gasteiger partial charge is 0.396 e. The fraction of sp³-hybridized carbons (Fsp3) is 1.00. The lowest BCUT2D eigenvalue weighted by Gasteiger charge is -2.40. The average Bonchev–Trinajstić information content (AvgIpc) is 3.03. The third-order valence-electron chi connectivity index (χ3n) is 4.95. The van der Waals surface area contributed by atoms with Crippen molar-refractivity contribution in [2.75, 3.05) is 26.7 Å². The van der Waals surface area contributed by atoms with Crippen LogP contribution in [0.3, 0.4) is 0 Å². The number of rotatable bonds is 5. The predicted octanol–water partition coefficient (Wildman–Crippen LogP) is 1.47. The second-order valence-electron chi connectivity index (χ2n) is 6.46. The van der Waals surface area contributed by atoms with E-state index in [0.29, 0.717) is 24.1 Å². The van der Waals surface area contributed by atoms with Crippen LogP contribution in [-0.2, 0) is 0 Å². The van der Waals surface area contributed by atoms with E-state index in [1.807, 2.05) is 0 Å². The Morgan fingerprint density at radius 1 is 1.35 bits per heavy atom. The number of aliphatic hydroxyl groups is 1. The van der Waals surface area contributed by atoms with Crippen LogP contribution in [0, 0.1) is 11.3 Å². The highest BCUT2D eigenvalue weighted by Crippen LogP contribution is 2.48. The van der Waals surface area contributed by atoms with Gasteiger partial charge >= 0.3 is 0 Å². The van der Waals surface area contributed by atoms with E-state index >= 15 is 0 Å². The van der Waals surface area contributed by atoms with Gasteiger partial charge in [0.25, 0.3) is 0 Å². The standard InChI is InChI=1S/C14H28N2O/c1-11-9-16(3)12(2)8-13(11)15-10-14(4-5-14)6-7-17/h11-13,15,17H,4-10H2,1-3H3. The van der Waals surface area contributed by atoms with E-state index in [9.17, 15) is 0 Å². The van der Waals surface area contributed by atoms with Gasteiger partial charge in [-0.2, -0.15) is 0 Å². The molecule has 2 aliphatic rings. The van der Waals surface area contributed by atoms with Crippen LogP contribution >= 0.6 is 0 Å². The molecule has 0 aromatic carbocycles. The summed E-state index contributed by atoms with van der Waals surface area (Å²) < 4.78 is 0. The molecule has 1 saturated carbocycles. The molecule has 1 aliphatic carbocycles. The first-order valence-electron chi connectivity index (χ1n) is 7.11. The van der Waals surface area contributed by atoms with E-state index in [1.165, 1.54) is 25.8 Å². The van der Waals surface area contributed by atoms with Crippen LogP contribution in [0.4, 0.5) is 0 Å². The summed E-state index contributed by atoms with van der Waals surface area (Å²) in [6.07, 6.45) is 4.84. The fourth-order valence-corrected chi connectivity index (χ4v) is 3.10.